The standard InChI is InChI=1S/C21H26N3O10P/c1-13(18(27)30-2)23-35(29,34-14-6-4-3-5-7-14)32-12-15-17(26)21(9-11-31-21)19(33-15)24-16(25)8-10-22-20(24)28/h3-8,10,13,15,17,19,26H,9,11-12H2,1-2H3,(H,22,28)(H,23,29)/t13-,15+,17+,19+,21+,35?/m0/s1. The molecule has 0 aliphatic carbocycles. The van der Waals surface area contributed by atoms with Gasteiger partial charge in [0.05, 0.1) is 20.3 Å². The number of carbonyl (C=O) groups excluding carboxylic acids is 1. The average molecular weight is 511 g/mol. The molecule has 4 rings (SSSR count). The van der Waals surface area contributed by atoms with Crippen LogP contribution >= 0.6 is 7.75 Å². The number of para-hydroxylation sites is 1. The number of aliphatic hydroxyl groups excluding tert-OH is 1. The lowest BCUT2D eigenvalue weighted by Crippen LogP contribution is -2.59. The lowest BCUT2D eigenvalue weighted by atomic mass is 9.86. The predicted octanol–water partition coefficient (Wildman–Crippen LogP) is 0.309. The van der Waals surface area contributed by atoms with Crippen LogP contribution in [0, 0.1) is 0 Å². The molecule has 1 aromatic heterocycles. The van der Waals surface area contributed by atoms with Gasteiger partial charge in [0.25, 0.3) is 5.56 Å². The fourth-order valence-electron chi connectivity index (χ4n) is 4.00. The number of H-pyrrole nitrogens is 1. The van der Waals surface area contributed by atoms with Crippen LogP contribution < -0.4 is 20.9 Å². The van der Waals surface area contributed by atoms with E-state index in [2.05, 4.69) is 14.8 Å². The first kappa shape index (κ1) is 25.3. The van der Waals surface area contributed by atoms with Gasteiger partial charge in [-0.25, -0.2) is 13.9 Å². The van der Waals surface area contributed by atoms with E-state index in [0.29, 0.717) is 6.42 Å². The molecule has 3 heterocycles. The number of esters is 1. The molecule has 2 saturated heterocycles. The Morgan fingerprint density at radius 2 is 2.06 bits per heavy atom. The van der Waals surface area contributed by atoms with E-state index in [1.165, 1.54) is 20.2 Å². The van der Waals surface area contributed by atoms with Gasteiger partial charge in [0.1, 0.15) is 29.6 Å². The van der Waals surface area contributed by atoms with E-state index >= 15 is 0 Å². The highest BCUT2D eigenvalue weighted by Crippen LogP contribution is 2.50. The molecule has 0 saturated carbocycles. The Hall–Kier alpha value is -2.80. The maximum Gasteiger partial charge on any atom is 0.459 e. The number of nitrogens with zero attached hydrogens (tertiary/aromatic N) is 1. The third-order valence-corrected chi connectivity index (χ3v) is 7.49. The van der Waals surface area contributed by atoms with Crippen molar-refractivity contribution in [1.82, 2.24) is 14.6 Å². The number of nitrogens with one attached hydrogen (secondary N) is 2. The van der Waals surface area contributed by atoms with Gasteiger partial charge in [-0.15, -0.1) is 0 Å². The quantitative estimate of drug-likeness (QED) is 0.313. The van der Waals surface area contributed by atoms with Crippen molar-refractivity contribution in [3.8, 4) is 5.75 Å². The number of aromatic amines is 1. The zero-order valence-electron chi connectivity index (χ0n) is 19.0. The van der Waals surface area contributed by atoms with Gasteiger partial charge in [0.15, 0.2) is 6.23 Å². The largest absolute Gasteiger partial charge is 0.468 e. The molecule has 13 nitrogen and oxygen atoms in total. The van der Waals surface area contributed by atoms with Crippen molar-refractivity contribution in [1.29, 1.82) is 0 Å². The molecule has 190 valence electrons. The van der Waals surface area contributed by atoms with E-state index in [9.17, 15) is 24.1 Å². The summed E-state index contributed by atoms with van der Waals surface area (Å²) < 4.78 is 41.6. The average Bonchev–Trinajstić information content (AvgIpc) is 3.10. The number of aliphatic hydroxyl groups is 1. The topological polar surface area (TPSA) is 167 Å². The molecule has 0 radical (unpaired) electrons. The van der Waals surface area contributed by atoms with Crippen LogP contribution in [-0.4, -0.2) is 64.8 Å². The maximum atomic E-state index is 13.5. The first-order valence-electron chi connectivity index (χ1n) is 10.8. The molecule has 2 fully saturated rings. The summed E-state index contributed by atoms with van der Waals surface area (Å²) in [6.07, 6.45) is -2.20. The zero-order valence-corrected chi connectivity index (χ0v) is 19.9. The Morgan fingerprint density at radius 1 is 1.34 bits per heavy atom. The smallest absolute Gasteiger partial charge is 0.459 e. The number of benzene rings is 1. The molecule has 2 aliphatic rings. The fourth-order valence-corrected chi connectivity index (χ4v) is 5.50. The van der Waals surface area contributed by atoms with Crippen molar-refractivity contribution in [3.63, 3.8) is 0 Å². The molecule has 3 N–H and O–H groups in total. The van der Waals surface area contributed by atoms with E-state index in [1.807, 2.05) is 0 Å². The van der Waals surface area contributed by atoms with Gasteiger partial charge < -0.3 is 28.8 Å². The summed E-state index contributed by atoms with van der Waals surface area (Å²) in [4.78, 5) is 39.0. The number of methoxy groups -OCH3 is 1. The van der Waals surface area contributed by atoms with E-state index in [1.54, 1.807) is 30.3 Å². The Bertz CT molecular complexity index is 1180. The Balaban J connectivity index is 1.56. The molecular formula is C21H26N3O10P. The maximum absolute atomic E-state index is 13.5. The molecule has 6 atom stereocenters. The van der Waals surface area contributed by atoms with Crippen molar-refractivity contribution in [2.75, 3.05) is 20.3 Å². The SMILES string of the molecule is COC(=O)[C@H](C)NP(=O)(OC[C@H]1O[C@@H](n2c(=O)cc[nH]c2=O)[C@@]2(CCO2)[C@@H]1O)Oc1ccccc1. The second-order valence-corrected chi connectivity index (χ2v) is 9.78. The van der Waals surface area contributed by atoms with Crippen molar-refractivity contribution in [2.45, 2.75) is 43.4 Å². The number of hydrogen-bond acceptors (Lipinski definition) is 10. The van der Waals surface area contributed by atoms with Crippen molar-refractivity contribution in [2.24, 2.45) is 0 Å². The summed E-state index contributed by atoms with van der Waals surface area (Å²) in [6, 6.07) is 8.23. The summed E-state index contributed by atoms with van der Waals surface area (Å²) >= 11 is 0. The van der Waals surface area contributed by atoms with Crippen molar-refractivity contribution >= 4 is 13.7 Å². The van der Waals surface area contributed by atoms with Crippen LogP contribution in [0.4, 0.5) is 0 Å². The molecule has 1 aromatic carbocycles. The first-order chi connectivity index (χ1) is 16.7. The molecule has 0 amide bonds. The number of ether oxygens (including phenoxy) is 3. The minimum absolute atomic E-state index is 0.201. The van der Waals surface area contributed by atoms with Gasteiger partial charge >= 0.3 is 19.4 Å². The Labute approximate surface area is 199 Å². The predicted molar refractivity (Wildman–Crippen MR) is 120 cm³/mol. The molecule has 14 heteroatoms. The van der Waals surface area contributed by atoms with Crippen LogP contribution in [0.5, 0.6) is 5.75 Å². The van der Waals surface area contributed by atoms with Gasteiger partial charge in [0.2, 0.25) is 0 Å². The van der Waals surface area contributed by atoms with Gasteiger partial charge in [-0.05, 0) is 19.1 Å². The molecule has 1 unspecified atom stereocenters. The lowest BCUT2D eigenvalue weighted by Gasteiger charge is -2.43. The van der Waals surface area contributed by atoms with Crippen molar-refractivity contribution < 1.29 is 37.7 Å². The number of rotatable bonds is 9. The van der Waals surface area contributed by atoms with Crippen LogP contribution in [0.3, 0.4) is 0 Å². The highest BCUT2D eigenvalue weighted by atomic mass is 31.2. The number of hydrogen-bond donors (Lipinski definition) is 3. The zero-order chi connectivity index (χ0) is 25.2. The highest BCUT2D eigenvalue weighted by Gasteiger charge is 2.62. The van der Waals surface area contributed by atoms with Crippen LogP contribution in [0.15, 0.2) is 52.2 Å². The van der Waals surface area contributed by atoms with Crippen molar-refractivity contribution in [3.05, 3.63) is 63.4 Å². The lowest BCUT2D eigenvalue weighted by molar-refractivity contribution is -0.227. The second kappa shape index (κ2) is 10.1. The Morgan fingerprint density at radius 3 is 2.66 bits per heavy atom. The van der Waals surface area contributed by atoms with Crippen LogP contribution in [-0.2, 0) is 28.1 Å². The van der Waals surface area contributed by atoms with E-state index in [4.69, 9.17) is 18.5 Å². The van der Waals surface area contributed by atoms with E-state index in [-0.39, 0.29) is 12.4 Å². The number of aromatic nitrogens is 2. The van der Waals surface area contributed by atoms with E-state index in [0.717, 1.165) is 10.6 Å². The highest BCUT2D eigenvalue weighted by molar-refractivity contribution is 7.52. The van der Waals surface area contributed by atoms with E-state index < -0.39 is 61.7 Å². The van der Waals surface area contributed by atoms with Gasteiger partial charge in [-0.1, -0.05) is 18.2 Å². The monoisotopic (exact) mass is 511 g/mol. The minimum Gasteiger partial charge on any atom is -0.468 e. The van der Waals surface area contributed by atoms with Gasteiger partial charge in [0, 0.05) is 18.7 Å². The minimum atomic E-state index is -4.21. The summed E-state index contributed by atoms with van der Waals surface area (Å²) in [6.45, 7) is 1.23. The van der Waals surface area contributed by atoms with Crippen LogP contribution in [0.25, 0.3) is 0 Å². The molecular weight excluding hydrogens is 485 g/mol. The van der Waals surface area contributed by atoms with Gasteiger partial charge in [-0.3, -0.25) is 14.1 Å². The molecule has 0 bridgehead atoms. The molecule has 2 aliphatic heterocycles. The third kappa shape index (κ3) is 4.96. The Kier molecular flexibility index (Phi) is 7.27. The molecule has 1 spiro atoms. The summed E-state index contributed by atoms with van der Waals surface area (Å²) in [5.41, 5.74) is -2.74. The number of carbonyl (C=O) groups is 1. The summed E-state index contributed by atoms with van der Waals surface area (Å²) in [5.74, 6) is -0.500. The van der Waals surface area contributed by atoms with Crippen LogP contribution in [0.2, 0.25) is 0 Å². The first-order valence-corrected chi connectivity index (χ1v) is 12.4. The summed E-state index contributed by atoms with van der Waals surface area (Å²) in [5, 5.41) is 13.5. The normalized spacial score (nSPS) is 28.1. The summed E-state index contributed by atoms with van der Waals surface area (Å²) in [7, 11) is -3.03. The third-order valence-electron chi connectivity index (χ3n) is 5.85. The molecule has 35 heavy (non-hydrogen) atoms. The van der Waals surface area contributed by atoms with Crippen LogP contribution in [0.1, 0.15) is 19.6 Å². The fraction of sp³-hybridized carbons (Fsp3) is 0.476. The molecule has 2 aromatic rings. The second-order valence-electron chi connectivity index (χ2n) is 8.09. The van der Waals surface area contributed by atoms with Gasteiger partial charge in [-0.2, -0.15) is 5.09 Å².